The lowest BCUT2D eigenvalue weighted by Crippen LogP contribution is -2.31. The average molecular weight is 250 g/mol. The fourth-order valence-electron chi connectivity index (χ4n) is 2.76. The van der Waals surface area contributed by atoms with Crippen molar-refractivity contribution in [2.45, 2.75) is 25.8 Å². The molecule has 0 amide bonds. The van der Waals surface area contributed by atoms with E-state index in [-0.39, 0.29) is 5.56 Å². The van der Waals surface area contributed by atoms with Gasteiger partial charge in [-0.25, -0.2) is 0 Å². The standard InChI is InChI=1S/C14H22N2O2/c17-11-13-5-3-4-12(13)10-15-7-9-16-8-2-1-6-14(16)18/h1-2,6,8,12-13,15,17H,3-5,7,9-11H2. The van der Waals surface area contributed by atoms with Crippen LogP contribution in [0.3, 0.4) is 0 Å². The quantitative estimate of drug-likeness (QED) is 0.736. The molecule has 2 atom stereocenters. The second-order valence-electron chi connectivity index (χ2n) is 5.07. The molecule has 1 aromatic rings. The number of hydrogen-bond acceptors (Lipinski definition) is 3. The van der Waals surface area contributed by atoms with Gasteiger partial charge in [-0.15, -0.1) is 0 Å². The zero-order valence-corrected chi connectivity index (χ0v) is 10.7. The first-order valence-electron chi connectivity index (χ1n) is 6.78. The molecule has 100 valence electrons. The maximum atomic E-state index is 11.5. The summed E-state index contributed by atoms with van der Waals surface area (Å²) in [7, 11) is 0. The monoisotopic (exact) mass is 250 g/mol. The molecule has 0 radical (unpaired) electrons. The third kappa shape index (κ3) is 3.43. The number of hydrogen-bond donors (Lipinski definition) is 2. The van der Waals surface area contributed by atoms with Crippen molar-refractivity contribution in [1.29, 1.82) is 0 Å². The van der Waals surface area contributed by atoms with E-state index >= 15 is 0 Å². The van der Waals surface area contributed by atoms with Crippen molar-refractivity contribution in [3.63, 3.8) is 0 Å². The van der Waals surface area contributed by atoms with Crippen LogP contribution < -0.4 is 10.9 Å². The molecule has 18 heavy (non-hydrogen) atoms. The molecule has 0 aromatic carbocycles. The van der Waals surface area contributed by atoms with E-state index in [1.807, 2.05) is 12.3 Å². The maximum absolute atomic E-state index is 11.5. The van der Waals surface area contributed by atoms with Gasteiger partial charge in [0.1, 0.15) is 0 Å². The molecule has 0 bridgehead atoms. The number of aliphatic hydroxyl groups excluding tert-OH is 1. The van der Waals surface area contributed by atoms with E-state index in [2.05, 4.69) is 5.32 Å². The van der Waals surface area contributed by atoms with Gasteiger partial charge in [-0.3, -0.25) is 4.79 Å². The molecule has 2 N–H and O–H groups in total. The Kier molecular flexibility index (Phi) is 4.96. The number of aliphatic hydroxyl groups is 1. The van der Waals surface area contributed by atoms with Crippen molar-refractivity contribution in [2.75, 3.05) is 19.7 Å². The van der Waals surface area contributed by atoms with Crippen molar-refractivity contribution >= 4 is 0 Å². The molecule has 1 aliphatic carbocycles. The first kappa shape index (κ1) is 13.3. The van der Waals surface area contributed by atoms with Crippen LogP contribution in [0, 0.1) is 11.8 Å². The summed E-state index contributed by atoms with van der Waals surface area (Å²) in [5.74, 6) is 1.07. The van der Waals surface area contributed by atoms with Crippen LogP contribution in [-0.2, 0) is 6.54 Å². The summed E-state index contributed by atoms with van der Waals surface area (Å²) < 4.78 is 1.71. The number of nitrogens with one attached hydrogen (secondary N) is 1. The average Bonchev–Trinajstić information content (AvgIpc) is 2.84. The minimum absolute atomic E-state index is 0.0494. The van der Waals surface area contributed by atoms with E-state index in [1.54, 1.807) is 16.7 Å². The molecule has 1 heterocycles. The topological polar surface area (TPSA) is 54.3 Å². The van der Waals surface area contributed by atoms with E-state index < -0.39 is 0 Å². The number of rotatable bonds is 6. The van der Waals surface area contributed by atoms with Gasteiger partial charge < -0.3 is 15.0 Å². The Hall–Kier alpha value is -1.13. The summed E-state index contributed by atoms with van der Waals surface area (Å²) in [5.41, 5.74) is 0.0494. The molecule has 0 spiro atoms. The first-order valence-corrected chi connectivity index (χ1v) is 6.78. The zero-order chi connectivity index (χ0) is 12.8. The van der Waals surface area contributed by atoms with Gasteiger partial charge in [0.15, 0.2) is 0 Å². The minimum atomic E-state index is 0.0494. The molecule has 0 aliphatic heterocycles. The van der Waals surface area contributed by atoms with Gasteiger partial charge in [-0.1, -0.05) is 12.5 Å². The Morgan fingerprint density at radius 1 is 1.33 bits per heavy atom. The summed E-state index contributed by atoms with van der Waals surface area (Å²) in [6.07, 6.45) is 5.41. The van der Waals surface area contributed by atoms with Gasteiger partial charge >= 0.3 is 0 Å². The first-order chi connectivity index (χ1) is 8.81. The molecular weight excluding hydrogens is 228 g/mol. The predicted molar refractivity (Wildman–Crippen MR) is 71.5 cm³/mol. The number of pyridine rings is 1. The minimum Gasteiger partial charge on any atom is -0.396 e. The molecule has 1 aliphatic rings. The van der Waals surface area contributed by atoms with Crippen molar-refractivity contribution in [1.82, 2.24) is 9.88 Å². The second kappa shape index (κ2) is 6.71. The van der Waals surface area contributed by atoms with Crippen LogP contribution in [0.4, 0.5) is 0 Å². The lowest BCUT2D eigenvalue weighted by molar-refractivity contribution is 0.192. The largest absolute Gasteiger partial charge is 0.396 e. The van der Waals surface area contributed by atoms with Crippen molar-refractivity contribution in [3.05, 3.63) is 34.7 Å². The summed E-state index contributed by atoms with van der Waals surface area (Å²) in [5, 5.41) is 12.6. The van der Waals surface area contributed by atoms with Crippen LogP contribution in [0.5, 0.6) is 0 Å². The van der Waals surface area contributed by atoms with Crippen LogP contribution in [0.25, 0.3) is 0 Å². The molecule has 1 saturated carbocycles. The highest BCUT2D eigenvalue weighted by Gasteiger charge is 2.25. The van der Waals surface area contributed by atoms with Gasteiger partial charge in [-0.05, 0) is 37.3 Å². The van der Waals surface area contributed by atoms with Crippen LogP contribution in [0.1, 0.15) is 19.3 Å². The van der Waals surface area contributed by atoms with Gasteiger partial charge in [-0.2, -0.15) is 0 Å². The summed E-state index contributed by atoms with van der Waals surface area (Å²) >= 11 is 0. The van der Waals surface area contributed by atoms with Gasteiger partial charge in [0.2, 0.25) is 0 Å². The summed E-state index contributed by atoms with van der Waals surface area (Å²) in [6, 6.07) is 5.22. The Bertz CT molecular complexity index is 416. The van der Waals surface area contributed by atoms with E-state index in [4.69, 9.17) is 0 Å². The Balaban J connectivity index is 1.70. The highest BCUT2D eigenvalue weighted by molar-refractivity contribution is 4.93. The van der Waals surface area contributed by atoms with Crippen LogP contribution in [-0.4, -0.2) is 29.4 Å². The lowest BCUT2D eigenvalue weighted by Gasteiger charge is -2.17. The number of aromatic nitrogens is 1. The van der Waals surface area contributed by atoms with E-state index in [0.29, 0.717) is 25.0 Å². The Morgan fingerprint density at radius 3 is 2.94 bits per heavy atom. The molecule has 1 aromatic heterocycles. The number of nitrogens with zero attached hydrogens (tertiary/aromatic N) is 1. The second-order valence-corrected chi connectivity index (χ2v) is 5.07. The summed E-state index contributed by atoms with van der Waals surface area (Å²) in [6.45, 7) is 2.77. The van der Waals surface area contributed by atoms with E-state index in [9.17, 15) is 9.90 Å². The molecule has 1 fully saturated rings. The Morgan fingerprint density at radius 2 is 2.17 bits per heavy atom. The molecule has 2 rings (SSSR count). The van der Waals surface area contributed by atoms with Crippen LogP contribution >= 0.6 is 0 Å². The fourth-order valence-corrected chi connectivity index (χ4v) is 2.76. The van der Waals surface area contributed by atoms with Gasteiger partial charge in [0, 0.05) is 32.0 Å². The smallest absolute Gasteiger partial charge is 0.250 e. The summed E-state index contributed by atoms with van der Waals surface area (Å²) in [4.78, 5) is 11.5. The maximum Gasteiger partial charge on any atom is 0.250 e. The lowest BCUT2D eigenvalue weighted by atomic mass is 9.97. The fraction of sp³-hybridized carbons (Fsp3) is 0.643. The van der Waals surface area contributed by atoms with Crippen molar-refractivity contribution in [2.24, 2.45) is 11.8 Å². The zero-order valence-electron chi connectivity index (χ0n) is 10.7. The van der Waals surface area contributed by atoms with Crippen molar-refractivity contribution in [3.8, 4) is 0 Å². The van der Waals surface area contributed by atoms with E-state index in [0.717, 1.165) is 19.5 Å². The predicted octanol–water partition coefficient (Wildman–Crippen LogP) is 0.846. The van der Waals surface area contributed by atoms with E-state index in [1.165, 1.54) is 12.8 Å². The molecule has 4 heteroatoms. The highest BCUT2D eigenvalue weighted by Crippen LogP contribution is 2.30. The molecule has 4 nitrogen and oxygen atoms in total. The molecule has 2 unspecified atom stereocenters. The van der Waals surface area contributed by atoms with Crippen molar-refractivity contribution < 1.29 is 5.11 Å². The third-order valence-electron chi connectivity index (χ3n) is 3.89. The van der Waals surface area contributed by atoms with Gasteiger partial charge in [0.05, 0.1) is 0 Å². The third-order valence-corrected chi connectivity index (χ3v) is 3.89. The SMILES string of the molecule is O=c1ccccn1CCNCC1CCCC1CO. The van der Waals surface area contributed by atoms with Gasteiger partial charge in [0.25, 0.3) is 5.56 Å². The Labute approximate surface area is 108 Å². The van der Waals surface area contributed by atoms with Crippen LogP contribution in [0.2, 0.25) is 0 Å². The molecule has 0 saturated heterocycles. The normalized spacial score (nSPS) is 23.4. The van der Waals surface area contributed by atoms with Crippen LogP contribution in [0.15, 0.2) is 29.2 Å². The highest BCUT2D eigenvalue weighted by atomic mass is 16.3. The molecular formula is C14H22N2O2.